The van der Waals surface area contributed by atoms with Crippen molar-refractivity contribution in [3.8, 4) is 11.1 Å². The van der Waals surface area contributed by atoms with Crippen LogP contribution in [0.15, 0.2) is 48.5 Å². The molecule has 0 radical (unpaired) electrons. The molecule has 0 aliphatic rings. The van der Waals surface area contributed by atoms with Gasteiger partial charge in [-0.2, -0.15) is 0 Å². The molecule has 2 aromatic carbocycles. The summed E-state index contributed by atoms with van der Waals surface area (Å²) in [5, 5.41) is 5.40. The Hall–Kier alpha value is -2.18. The van der Waals surface area contributed by atoms with Gasteiger partial charge in [-0.1, -0.05) is 62.3 Å². The van der Waals surface area contributed by atoms with Gasteiger partial charge in [0.05, 0.1) is 2.74 Å². The van der Waals surface area contributed by atoms with Gasteiger partial charge in [0.25, 0.3) is 0 Å². The average molecular weight is 255 g/mol. The van der Waals surface area contributed by atoms with Crippen LogP contribution in [-0.2, 0) is 17.6 Å². The molecule has 0 saturated heterocycles. The summed E-state index contributed by atoms with van der Waals surface area (Å²) in [6, 6.07) is 12.7. The number of carbonyl (C=O) groups excluding carboxylic acids is 1. The van der Waals surface area contributed by atoms with Crippen molar-refractivity contribution in [2.75, 3.05) is 0 Å². The molecule has 0 atom stereocenters. The largest absolute Gasteiger partial charge is 0.231 e. The number of hydrogen-bond acceptors (Lipinski definition) is 2. The summed E-state index contributed by atoms with van der Waals surface area (Å²) in [4.78, 5) is 8.35. The van der Waals surface area contributed by atoms with Crippen molar-refractivity contribution >= 4 is 6.08 Å². The second kappa shape index (κ2) is 8.02. The Morgan fingerprint density at radius 2 is 1.79 bits per heavy atom. The highest BCUT2D eigenvalue weighted by atomic mass is 16.1. The Morgan fingerprint density at radius 1 is 1.16 bits per heavy atom. The highest BCUT2D eigenvalue weighted by molar-refractivity contribution is 5.68. The van der Waals surface area contributed by atoms with Crippen LogP contribution in [0.2, 0.25) is 0 Å². The summed E-state index contributed by atoms with van der Waals surface area (Å²) >= 11 is 0. The normalized spacial score (nSPS) is 10.6. The zero-order valence-corrected chi connectivity index (χ0v) is 11.3. The molecule has 0 bridgehead atoms. The first-order chi connectivity index (χ1) is 10.1. The second-order valence-electron chi connectivity index (χ2n) is 3.95. The molecule has 2 heteroatoms. The lowest BCUT2D eigenvalue weighted by Crippen LogP contribution is -1.94. The van der Waals surface area contributed by atoms with E-state index < -0.39 is 0 Å². The third kappa shape index (κ3) is 3.90. The number of rotatable bonds is 3. The monoisotopic (exact) mass is 255 g/mol. The van der Waals surface area contributed by atoms with Gasteiger partial charge in [0.15, 0.2) is 0 Å². The van der Waals surface area contributed by atoms with Crippen molar-refractivity contribution in [1.82, 2.24) is 0 Å². The van der Waals surface area contributed by atoms with E-state index in [0.717, 1.165) is 30.0 Å². The Balaban J connectivity index is 0.000000677. The van der Waals surface area contributed by atoms with Gasteiger partial charge < -0.3 is 0 Å². The molecule has 0 heterocycles. The van der Waals surface area contributed by atoms with E-state index in [1.165, 1.54) is 11.1 Å². The third-order valence-corrected chi connectivity index (χ3v) is 2.93. The predicted molar refractivity (Wildman–Crippen MR) is 79.0 cm³/mol. The molecule has 2 rings (SSSR count). The second-order valence-corrected chi connectivity index (χ2v) is 3.95. The number of nitrogens with one attached hydrogen (secondary N) is 1. The minimum Gasteiger partial charge on any atom is -0.222 e. The van der Waals surface area contributed by atoms with E-state index in [-0.39, 0.29) is 0 Å². The van der Waals surface area contributed by atoms with Crippen molar-refractivity contribution in [1.29, 1.82) is 5.41 Å². The Kier molecular flexibility index (Phi) is 5.01. The van der Waals surface area contributed by atoms with Crippen LogP contribution in [0.25, 0.3) is 11.1 Å². The maximum absolute atomic E-state index is 8.35. The van der Waals surface area contributed by atoms with Gasteiger partial charge >= 0.3 is 0 Å². The quantitative estimate of drug-likeness (QED) is 0.641. The molecule has 0 aromatic heterocycles. The minimum absolute atomic E-state index is 0.532. The summed E-state index contributed by atoms with van der Waals surface area (Å²) in [7, 11) is 0. The molecule has 2 aromatic rings. The topological polar surface area (TPSA) is 40.9 Å². The van der Waals surface area contributed by atoms with Gasteiger partial charge in [0.2, 0.25) is 6.08 Å². The van der Waals surface area contributed by atoms with Crippen molar-refractivity contribution < 1.29 is 7.54 Å². The van der Waals surface area contributed by atoms with Gasteiger partial charge in [-0.3, -0.25) is 0 Å². The summed E-state index contributed by atoms with van der Waals surface area (Å²) < 4.78 is 15.5. The first-order valence-electron chi connectivity index (χ1n) is 7.31. The Labute approximate surface area is 117 Å². The Morgan fingerprint density at radius 3 is 2.32 bits per heavy atom. The smallest absolute Gasteiger partial charge is 0.222 e. The first kappa shape index (κ1) is 11.9. The van der Waals surface area contributed by atoms with Gasteiger partial charge in [-0.05, 0) is 35.1 Å². The highest BCUT2D eigenvalue weighted by Crippen LogP contribution is 2.26. The zero-order valence-electron chi connectivity index (χ0n) is 13.3. The molecule has 0 amide bonds. The molecule has 0 aliphatic carbocycles. The fourth-order valence-corrected chi connectivity index (χ4v) is 2.13. The van der Waals surface area contributed by atoms with Crippen LogP contribution in [0.1, 0.15) is 27.7 Å². The molecule has 98 valence electrons. The maximum Gasteiger partial charge on any atom is 0.231 e. The molecule has 0 unspecified atom stereocenters. The molecular weight excluding hydrogens is 234 g/mol. The van der Waals surface area contributed by atoms with Crippen LogP contribution in [-0.4, -0.2) is 6.08 Å². The van der Waals surface area contributed by atoms with Crippen molar-refractivity contribution in [2.24, 2.45) is 0 Å². The molecule has 0 spiro atoms. The molecule has 0 fully saturated rings. The maximum atomic E-state index is 8.35. The molecular formula is C17H19NO. The Bertz CT molecular complexity index is 630. The zero-order chi connectivity index (χ0) is 15.8. The van der Waals surface area contributed by atoms with E-state index in [1.54, 1.807) is 0 Å². The van der Waals surface area contributed by atoms with Crippen molar-refractivity contribution in [2.45, 2.75) is 26.7 Å². The lowest BCUT2D eigenvalue weighted by atomic mass is 9.93. The van der Waals surface area contributed by atoms with Gasteiger partial charge in [0, 0.05) is 0 Å². The molecule has 19 heavy (non-hydrogen) atoms. The van der Waals surface area contributed by atoms with Crippen LogP contribution in [0.3, 0.4) is 0 Å². The summed E-state index contributed by atoms with van der Waals surface area (Å²) in [5.41, 5.74) is 4.75. The van der Waals surface area contributed by atoms with Crippen LogP contribution < -0.4 is 0 Å². The van der Waals surface area contributed by atoms with Crippen LogP contribution in [0, 0.1) is 5.41 Å². The van der Waals surface area contributed by atoms with E-state index in [9.17, 15) is 0 Å². The van der Waals surface area contributed by atoms with Crippen LogP contribution in [0.4, 0.5) is 0 Å². The van der Waals surface area contributed by atoms with Crippen molar-refractivity contribution in [3.05, 3.63) is 59.6 Å². The number of benzene rings is 2. The van der Waals surface area contributed by atoms with Crippen molar-refractivity contribution in [3.63, 3.8) is 0 Å². The average Bonchev–Trinajstić information content (AvgIpc) is 2.48. The van der Waals surface area contributed by atoms with E-state index in [1.807, 2.05) is 36.4 Å². The SMILES string of the molecule is N=C=O.[2H]c1ccc(-c2ccc([2H])c(CC)c2CC)cc1. The molecule has 0 saturated carbocycles. The number of hydrogen-bond donors (Lipinski definition) is 1. The van der Waals surface area contributed by atoms with Gasteiger partial charge in [-0.15, -0.1) is 0 Å². The summed E-state index contributed by atoms with van der Waals surface area (Å²) in [6.07, 6.45) is 2.58. The van der Waals surface area contributed by atoms with Crippen LogP contribution in [0.5, 0.6) is 0 Å². The van der Waals surface area contributed by atoms with Crippen LogP contribution >= 0.6 is 0 Å². The fourth-order valence-electron chi connectivity index (χ4n) is 2.13. The summed E-state index contributed by atoms with van der Waals surface area (Å²) in [5.74, 6) is 0. The third-order valence-electron chi connectivity index (χ3n) is 2.93. The van der Waals surface area contributed by atoms with E-state index >= 15 is 0 Å². The number of isocyanates is 1. The minimum atomic E-state index is 0.532. The van der Waals surface area contributed by atoms with Gasteiger partial charge in [-0.25, -0.2) is 10.2 Å². The predicted octanol–water partition coefficient (Wildman–Crippen LogP) is 4.38. The van der Waals surface area contributed by atoms with E-state index in [4.69, 9.17) is 12.9 Å². The van der Waals surface area contributed by atoms with E-state index in [0.29, 0.717) is 12.1 Å². The molecule has 0 aliphatic heterocycles. The summed E-state index contributed by atoms with van der Waals surface area (Å²) in [6.45, 7) is 4.24. The first-order valence-corrected chi connectivity index (χ1v) is 6.31. The molecule has 1 N–H and O–H groups in total. The lowest BCUT2D eigenvalue weighted by Gasteiger charge is -2.12. The van der Waals surface area contributed by atoms with E-state index in [2.05, 4.69) is 13.8 Å². The van der Waals surface area contributed by atoms with Gasteiger partial charge in [0.1, 0.15) is 0 Å². The molecule has 2 nitrogen and oxygen atoms in total. The highest BCUT2D eigenvalue weighted by Gasteiger charge is 2.06. The lowest BCUT2D eigenvalue weighted by molar-refractivity contribution is 0.563. The fraction of sp³-hybridized carbons (Fsp3) is 0.235. The standard InChI is InChI=1S/C16H18.CHNO/c1-3-13-11-8-12-16(15(13)4-2)14-9-6-5-7-10-14;2-1-3/h5-12H,3-4H2,1-2H3;2H/i5D,11D;.